The number of carboxylic acid groups (broad SMARTS) is 2. The van der Waals surface area contributed by atoms with Crippen molar-refractivity contribution in [2.75, 3.05) is 14.2 Å². The lowest BCUT2D eigenvalue weighted by Crippen LogP contribution is -2.07. The maximum atomic E-state index is 11.7. The van der Waals surface area contributed by atoms with Crippen LogP contribution in [0.2, 0.25) is 0 Å². The number of benzene rings is 1. The first-order valence-corrected chi connectivity index (χ1v) is 6.96. The van der Waals surface area contributed by atoms with Crippen LogP contribution < -0.4 is 4.74 Å². The molecule has 3 aromatic rings. The number of esters is 1. The van der Waals surface area contributed by atoms with Crippen molar-refractivity contribution in [2.45, 2.75) is 0 Å². The van der Waals surface area contributed by atoms with Crippen molar-refractivity contribution >= 4 is 39.7 Å². The van der Waals surface area contributed by atoms with Gasteiger partial charge in [0, 0.05) is 10.8 Å². The number of carboxylic acids is 2. The second-order valence-electron chi connectivity index (χ2n) is 5.11. The summed E-state index contributed by atoms with van der Waals surface area (Å²) in [6.07, 6.45) is 0. The van der Waals surface area contributed by atoms with Crippen molar-refractivity contribution in [3.05, 3.63) is 35.2 Å². The van der Waals surface area contributed by atoms with Gasteiger partial charge in [0.15, 0.2) is 0 Å². The number of aromatic nitrogens is 2. The van der Waals surface area contributed by atoms with E-state index in [2.05, 4.69) is 14.7 Å². The minimum Gasteiger partial charge on any atom is -0.494 e. The van der Waals surface area contributed by atoms with Crippen molar-refractivity contribution in [2.24, 2.45) is 0 Å². The SMILES string of the molecule is COC(=O)c1cc2cc(OC)c3nc(C(=O)O)cc(C(=O)O)c3c2[nH]1. The van der Waals surface area contributed by atoms with Gasteiger partial charge in [-0.25, -0.2) is 19.4 Å². The summed E-state index contributed by atoms with van der Waals surface area (Å²) >= 11 is 0. The van der Waals surface area contributed by atoms with E-state index in [1.54, 1.807) is 0 Å². The summed E-state index contributed by atoms with van der Waals surface area (Å²) in [6.45, 7) is 0. The third-order valence-electron chi connectivity index (χ3n) is 3.71. The van der Waals surface area contributed by atoms with Crippen molar-refractivity contribution in [1.29, 1.82) is 0 Å². The molecule has 0 aliphatic carbocycles. The van der Waals surface area contributed by atoms with Crippen molar-refractivity contribution in [1.82, 2.24) is 9.97 Å². The summed E-state index contributed by atoms with van der Waals surface area (Å²) in [4.78, 5) is 41.4. The maximum absolute atomic E-state index is 11.7. The molecule has 0 fully saturated rings. The standard InChI is InChI=1S/C16H12N2O7/c1-24-10-4-6-3-9(16(23)25-2)18-12(6)11-7(14(19)20)5-8(15(21)22)17-13(10)11/h3-5,18H,1-2H3,(H,19,20)(H,21,22). The molecule has 0 saturated carbocycles. The van der Waals surface area contributed by atoms with Gasteiger partial charge in [-0.2, -0.15) is 0 Å². The number of carbonyl (C=O) groups is 3. The zero-order chi connectivity index (χ0) is 18.3. The summed E-state index contributed by atoms with van der Waals surface area (Å²) in [6, 6.07) is 3.98. The quantitative estimate of drug-likeness (QED) is 0.610. The van der Waals surface area contributed by atoms with Gasteiger partial charge in [0.1, 0.15) is 22.7 Å². The molecule has 0 radical (unpaired) electrons. The minimum absolute atomic E-state index is 0.0607. The Kier molecular flexibility index (Phi) is 3.76. The largest absolute Gasteiger partial charge is 0.494 e. The van der Waals surface area contributed by atoms with Crippen LogP contribution in [0, 0.1) is 0 Å². The third-order valence-corrected chi connectivity index (χ3v) is 3.71. The number of rotatable bonds is 4. The van der Waals surface area contributed by atoms with E-state index in [4.69, 9.17) is 4.74 Å². The van der Waals surface area contributed by atoms with E-state index in [0.717, 1.165) is 6.07 Å². The van der Waals surface area contributed by atoms with Crippen LogP contribution >= 0.6 is 0 Å². The molecule has 0 amide bonds. The van der Waals surface area contributed by atoms with Gasteiger partial charge in [0.2, 0.25) is 0 Å². The maximum Gasteiger partial charge on any atom is 0.354 e. The Hall–Kier alpha value is -3.62. The fourth-order valence-electron chi connectivity index (χ4n) is 2.63. The second-order valence-corrected chi connectivity index (χ2v) is 5.11. The fourth-order valence-corrected chi connectivity index (χ4v) is 2.63. The van der Waals surface area contributed by atoms with Crippen LogP contribution in [0.15, 0.2) is 18.2 Å². The molecule has 1 aromatic carbocycles. The average molecular weight is 344 g/mol. The van der Waals surface area contributed by atoms with E-state index >= 15 is 0 Å². The van der Waals surface area contributed by atoms with Crippen molar-refractivity contribution in [3.63, 3.8) is 0 Å². The van der Waals surface area contributed by atoms with E-state index in [-0.39, 0.29) is 27.9 Å². The number of aromatic amines is 1. The van der Waals surface area contributed by atoms with Crippen molar-refractivity contribution in [3.8, 4) is 5.75 Å². The first kappa shape index (κ1) is 16.2. The van der Waals surface area contributed by atoms with Gasteiger partial charge in [-0.05, 0) is 18.2 Å². The number of hydrogen-bond acceptors (Lipinski definition) is 6. The number of pyridine rings is 1. The van der Waals surface area contributed by atoms with Gasteiger partial charge in [-0.1, -0.05) is 0 Å². The van der Waals surface area contributed by atoms with Crippen LogP contribution in [0.3, 0.4) is 0 Å². The van der Waals surface area contributed by atoms with E-state index in [9.17, 15) is 24.6 Å². The summed E-state index contributed by atoms with van der Waals surface area (Å²) in [5, 5.41) is 19.3. The molecule has 0 unspecified atom stereocenters. The number of methoxy groups -OCH3 is 2. The molecular weight excluding hydrogens is 332 g/mol. The molecule has 9 heteroatoms. The highest BCUT2D eigenvalue weighted by molar-refractivity contribution is 6.17. The number of fused-ring (bicyclic) bond motifs is 3. The van der Waals surface area contributed by atoms with E-state index in [1.807, 2.05) is 0 Å². The zero-order valence-corrected chi connectivity index (χ0v) is 13.1. The normalized spacial score (nSPS) is 10.8. The van der Waals surface area contributed by atoms with E-state index < -0.39 is 23.6 Å². The molecule has 2 heterocycles. The molecule has 2 aromatic heterocycles. The van der Waals surface area contributed by atoms with Gasteiger partial charge >= 0.3 is 17.9 Å². The number of H-pyrrole nitrogens is 1. The Morgan fingerprint density at radius 1 is 1.08 bits per heavy atom. The average Bonchev–Trinajstić information content (AvgIpc) is 3.02. The summed E-state index contributed by atoms with van der Waals surface area (Å²) in [5.74, 6) is -3.15. The number of aromatic carboxylic acids is 2. The first-order valence-electron chi connectivity index (χ1n) is 6.96. The van der Waals surface area contributed by atoms with Crippen LogP contribution in [0.25, 0.3) is 21.8 Å². The Balaban J connectivity index is 2.52. The smallest absolute Gasteiger partial charge is 0.354 e. The molecule has 0 aliphatic heterocycles. The zero-order valence-electron chi connectivity index (χ0n) is 13.1. The molecule has 0 saturated heterocycles. The van der Waals surface area contributed by atoms with Gasteiger partial charge in [-0.15, -0.1) is 0 Å². The number of ether oxygens (including phenoxy) is 2. The van der Waals surface area contributed by atoms with Gasteiger partial charge in [0.05, 0.1) is 25.3 Å². The van der Waals surface area contributed by atoms with Crippen LogP contribution in [0.4, 0.5) is 0 Å². The molecule has 0 spiro atoms. The molecule has 3 N–H and O–H groups in total. The molecule has 3 rings (SSSR count). The highest BCUT2D eigenvalue weighted by Gasteiger charge is 2.22. The predicted octanol–water partition coefficient (Wildman–Crippen LogP) is 1.91. The lowest BCUT2D eigenvalue weighted by atomic mass is 10.0. The molecular formula is C16H12N2O7. The van der Waals surface area contributed by atoms with Crippen LogP contribution in [0.1, 0.15) is 31.3 Å². The molecule has 128 valence electrons. The number of hydrogen-bond donors (Lipinski definition) is 3. The van der Waals surface area contributed by atoms with Crippen molar-refractivity contribution < 1.29 is 34.1 Å². The van der Waals surface area contributed by atoms with Crippen LogP contribution in [-0.2, 0) is 4.74 Å². The summed E-state index contributed by atoms with van der Waals surface area (Å²) in [5.41, 5.74) is -0.207. The fraction of sp³-hybridized carbons (Fsp3) is 0.125. The highest BCUT2D eigenvalue weighted by atomic mass is 16.5. The molecule has 0 aliphatic rings. The lowest BCUT2D eigenvalue weighted by Gasteiger charge is -2.10. The Bertz CT molecular complexity index is 1050. The van der Waals surface area contributed by atoms with Crippen LogP contribution in [-0.4, -0.2) is 52.3 Å². The molecule has 9 nitrogen and oxygen atoms in total. The third kappa shape index (κ3) is 2.51. The molecule has 0 atom stereocenters. The highest BCUT2D eigenvalue weighted by Crippen LogP contribution is 2.35. The first-order chi connectivity index (χ1) is 11.9. The molecule has 0 bridgehead atoms. The van der Waals surface area contributed by atoms with Gasteiger partial charge < -0.3 is 24.7 Å². The minimum atomic E-state index is -1.37. The van der Waals surface area contributed by atoms with E-state index in [1.165, 1.54) is 26.4 Å². The summed E-state index contributed by atoms with van der Waals surface area (Å²) in [7, 11) is 2.57. The number of carbonyl (C=O) groups excluding carboxylic acids is 1. The topological polar surface area (TPSA) is 139 Å². The van der Waals surface area contributed by atoms with Crippen LogP contribution in [0.5, 0.6) is 5.75 Å². The Labute approximate surface area is 139 Å². The summed E-state index contributed by atoms with van der Waals surface area (Å²) < 4.78 is 9.87. The lowest BCUT2D eigenvalue weighted by molar-refractivity contribution is 0.0593. The predicted molar refractivity (Wildman–Crippen MR) is 85.4 cm³/mol. The van der Waals surface area contributed by atoms with Gasteiger partial charge in [-0.3, -0.25) is 0 Å². The second kappa shape index (κ2) is 5.78. The number of nitrogens with zero attached hydrogens (tertiary/aromatic N) is 1. The Morgan fingerprint density at radius 2 is 1.80 bits per heavy atom. The number of nitrogens with one attached hydrogen (secondary N) is 1. The molecule has 25 heavy (non-hydrogen) atoms. The van der Waals surface area contributed by atoms with E-state index in [0.29, 0.717) is 10.9 Å². The van der Waals surface area contributed by atoms with Gasteiger partial charge in [0.25, 0.3) is 0 Å². The Morgan fingerprint density at radius 3 is 2.36 bits per heavy atom. The monoisotopic (exact) mass is 344 g/mol.